The number of fused-ring (bicyclic) bond motifs is 1. The number of nitrogens with zero attached hydrogens (tertiary/aromatic N) is 3. The van der Waals surface area contributed by atoms with Gasteiger partial charge in [0.15, 0.2) is 0 Å². The van der Waals surface area contributed by atoms with Gasteiger partial charge in [0.05, 0.1) is 24.5 Å². The van der Waals surface area contributed by atoms with Gasteiger partial charge >= 0.3 is 0 Å². The van der Waals surface area contributed by atoms with Crippen molar-refractivity contribution in [1.29, 1.82) is 0 Å². The van der Waals surface area contributed by atoms with Crippen LogP contribution in [0.3, 0.4) is 0 Å². The third-order valence-electron chi connectivity index (χ3n) is 5.21. The van der Waals surface area contributed by atoms with Crippen molar-refractivity contribution in [3.8, 4) is 0 Å². The molecule has 1 saturated carbocycles. The van der Waals surface area contributed by atoms with Crippen LogP contribution in [0.15, 0.2) is 22.8 Å². The fraction of sp³-hybridized carbons (Fsp3) is 0.556. The molecular formula is C18H24N4O2. The smallest absolute Gasteiger partial charge is 0.237 e. The van der Waals surface area contributed by atoms with E-state index in [1.165, 1.54) is 24.4 Å². The number of carbonyl (C=O) groups excluding carboxylic acids is 1. The Kier molecular flexibility index (Phi) is 3.92. The highest BCUT2D eigenvalue weighted by Gasteiger charge is 2.33. The summed E-state index contributed by atoms with van der Waals surface area (Å²) in [6, 6.07) is 3.53. The maximum Gasteiger partial charge on any atom is 0.237 e. The molecule has 0 aromatic carbocycles. The maximum absolute atomic E-state index is 12.4. The Balaban J connectivity index is 1.40. The maximum atomic E-state index is 12.4. The van der Waals surface area contributed by atoms with Crippen LogP contribution in [0.25, 0.3) is 0 Å². The average Bonchev–Trinajstić information content (AvgIpc) is 3.20. The van der Waals surface area contributed by atoms with Crippen molar-refractivity contribution in [2.45, 2.75) is 51.2 Å². The van der Waals surface area contributed by atoms with Crippen LogP contribution in [0.5, 0.6) is 0 Å². The van der Waals surface area contributed by atoms with Gasteiger partial charge < -0.3 is 14.3 Å². The number of carbonyl (C=O) groups is 1. The molecule has 2 aromatic heterocycles. The summed E-state index contributed by atoms with van der Waals surface area (Å²) in [7, 11) is 2.13. The topological polar surface area (TPSA) is 63.3 Å². The summed E-state index contributed by atoms with van der Waals surface area (Å²) in [5.41, 5.74) is 2.49. The molecule has 0 radical (unpaired) electrons. The van der Waals surface area contributed by atoms with Crippen molar-refractivity contribution < 1.29 is 9.21 Å². The summed E-state index contributed by atoms with van der Waals surface area (Å²) in [5, 5.41) is 2.95. The van der Waals surface area contributed by atoms with Crippen molar-refractivity contribution in [3.63, 3.8) is 0 Å². The second-order valence-electron chi connectivity index (χ2n) is 6.89. The average molecular weight is 328 g/mol. The normalized spacial score (nSPS) is 19.1. The Morgan fingerprint density at radius 3 is 3.04 bits per heavy atom. The van der Waals surface area contributed by atoms with Crippen LogP contribution < -0.4 is 5.32 Å². The van der Waals surface area contributed by atoms with Gasteiger partial charge in [-0.3, -0.25) is 9.69 Å². The number of imidazole rings is 1. The molecule has 1 aliphatic heterocycles. The van der Waals surface area contributed by atoms with E-state index >= 15 is 0 Å². The van der Waals surface area contributed by atoms with Gasteiger partial charge in [-0.25, -0.2) is 4.98 Å². The van der Waals surface area contributed by atoms with E-state index in [0.29, 0.717) is 12.5 Å². The molecule has 4 rings (SSSR count). The lowest BCUT2D eigenvalue weighted by atomic mass is 10.1. The Morgan fingerprint density at radius 2 is 2.33 bits per heavy atom. The van der Waals surface area contributed by atoms with Gasteiger partial charge in [-0.1, -0.05) is 0 Å². The molecule has 6 nitrogen and oxygen atoms in total. The number of aromatic nitrogens is 2. The van der Waals surface area contributed by atoms with Gasteiger partial charge in [0.1, 0.15) is 11.6 Å². The highest BCUT2D eigenvalue weighted by molar-refractivity contribution is 5.81. The predicted molar refractivity (Wildman–Crippen MR) is 89.3 cm³/mol. The van der Waals surface area contributed by atoms with Crippen molar-refractivity contribution >= 4 is 5.91 Å². The first kappa shape index (κ1) is 15.4. The Hall–Kier alpha value is -2.08. The van der Waals surface area contributed by atoms with Crippen molar-refractivity contribution in [2.75, 3.05) is 6.54 Å². The first-order valence-corrected chi connectivity index (χ1v) is 8.72. The number of hydrogen-bond acceptors (Lipinski definition) is 4. The monoisotopic (exact) mass is 328 g/mol. The van der Waals surface area contributed by atoms with Crippen LogP contribution >= 0.6 is 0 Å². The largest absolute Gasteiger partial charge is 0.467 e. The van der Waals surface area contributed by atoms with Gasteiger partial charge in [-0.2, -0.15) is 0 Å². The standard InChI is InChI=1S/C18H24N4O2/c1-12(18(23)19-10-14-4-3-9-24-14)22-8-7-16-15(11-22)20-17(21(16)2)13-5-6-13/h3-4,9,12-13H,5-8,10-11H2,1-2H3,(H,19,23)/t12-/m1/s1. The zero-order valence-corrected chi connectivity index (χ0v) is 14.3. The summed E-state index contributed by atoms with van der Waals surface area (Å²) < 4.78 is 7.54. The first-order chi connectivity index (χ1) is 11.6. The van der Waals surface area contributed by atoms with E-state index in [9.17, 15) is 4.79 Å². The summed E-state index contributed by atoms with van der Waals surface area (Å²) in [6.07, 6.45) is 5.11. The molecular weight excluding hydrogens is 304 g/mol. The van der Waals surface area contributed by atoms with Gasteiger partial charge in [0.25, 0.3) is 0 Å². The van der Waals surface area contributed by atoms with Crippen molar-refractivity contribution in [3.05, 3.63) is 41.4 Å². The number of hydrogen-bond donors (Lipinski definition) is 1. The second-order valence-corrected chi connectivity index (χ2v) is 6.89. The van der Waals surface area contributed by atoms with Gasteiger partial charge in [-0.05, 0) is 31.9 Å². The number of nitrogens with one attached hydrogen (secondary N) is 1. The van der Waals surface area contributed by atoms with E-state index < -0.39 is 0 Å². The zero-order valence-electron chi connectivity index (χ0n) is 14.3. The highest BCUT2D eigenvalue weighted by Crippen LogP contribution is 2.40. The van der Waals surface area contributed by atoms with E-state index in [0.717, 1.165) is 31.0 Å². The van der Waals surface area contributed by atoms with Gasteiger partial charge in [0.2, 0.25) is 5.91 Å². The van der Waals surface area contributed by atoms with Crippen molar-refractivity contribution in [2.24, 2.45) is 7.05 Å². The van der Waals surface area contributed by atoms with Crippen LogP contribution in [0.1, 0.15) is 48.7 Å². The van der Waals surface area contributed by atoms with Crippen LogP contribution in [0.4, 0.5) is 0 Å². The van der Waals surface area contributed by atoms with Gasteiger partial charge in [-0.15, -0.1) is 0 Å². The third kappa shape index (κ3) is 2.86. The summed E-state index contributed by atoms with van der Waals surface area (Å²) in [5.74, 6) is 2.70. The lowest BCUT2D eigenvalue weighted by Crippen LogP contribution is -2.47. The molecule has 0 unspecified atom stereocenters. The summed E-state index contributed by atoms with van der Waals surface area (Å²) in [6.45, 7) is 4.05. The van der Waals surface area contributed by atoms with E-state index in [2.05, 4.69) is 21.8 Å². The lowest BCUT2D eigenvalue weighted by molar-refractivity contribution is -0.126. The number of furan rings is 1. The van der Waals surface area contributed by atoms with E-state index in [1.807, 2.05) is 19.1 Å². The summed E-state index contributed by atoms with van der Waals surface area (Å²) in [4.78, 5) is 19.5. The molecule has 1 N–H and O–H groups in total. The van der Waals surface area contributed by atoms with E-state index in [-0.39, 0.29) is 11.9 Å². The molecule has 2 aliphatic rings. The number of amides is 1. The van der Waals surface area contributed by atoms with Crippen LogP contribution in [0, 0.1) is 0 Å². The van der Waals surface area contributed by atoms with Crippen LogP contribution in [0.2, 0.25) is 0 Å². The molecule has 0 spiro atoms. The van der Waals surface area contributed by atoms with Crippen LogP contribution in [-0.4, -0.2) is 32.9 Å². The second kappa shape index (κ2) is 6.09. The summed E-state index contributed by atoms with van der Waals surface area (Å²) >= 11 is 0. The first-order valence-electron chi connectivity index (χ1n) is 8.72. The molecule has 24 heavy (non-hydrogen) atoms. The Morgan fingerprint density at radius 1 is 1.50 bits per heavy atom. The third-order valence-corrected chi connectivity index (χ3v) is 5.21. The fourth-order valence-corrected chi connectivity index (χ4v) is 3.51. The van der Waals surface area contributed by atoms with E-state index in [4.69, 9.17) is 9.40 Å². The molecule has 1 aliphatic carbocycles. The molecule has 0 saturated heterocycles. The van der Waals surface area contributed by atoms with Crippen LogP contribution in [-0.2, 0) is 31.4 Å². The fourth-order valence-electron chi connectivity index (χ4n) is 3.51. The minimum absolute atomic E-state index is 0.0354. The lowest BCUT2D eigenvalue weighted by Gasteiger charge is -2.31. The molecule has 3 heterocycles. The SMILES string of the molecule is C[C@H](C(=O)NCc1ccco1)N1CCc2c(nc(C3CC3)n2C)C1. The molecule has 0 bridgehead atoms. The zero-order chi connectivity index (χ0) is 16.7. The quantitative estimate of drug-likeness (QED) is 0.911. The predicted octanol–water partition coefficient (Wildman–Crippen LogP) is 1.95. The molecule has 128 valence electrons. The molecule has 1 atom stereocenters. The molecule has 6 heteroatoms. The molecule has 1 fully saturated rings. The molecule has 2 aromatic rings. The van der Waals surface area contributed by atoms with E-state index in [1.54, 1.807) is 6.26 Å². The minimum Gasteiger partial charge on any atom is -0.467 e. The Bertz CT molecular complexity index is 731. The minimum atomic E-state index is -0.167. The number of rotatable bonds is 5. The van der Waals surface area contributed by atoms with Crippen molar-refractivity contribution in [1.82, 2.24) is 19.8 Å². The molecule has 1 amide bonds. The highest BCUT2D eigenvalue weighted by atomic mass is 16.3. The van der Waals surface area contributed by atoms with Gasteiger partial charge in [0, 0.05) is 38.2 Å². The Labute approximate surface area is 141 Å².